The summed E-state index contributed by atoms with van der Waals surface area (Å²) in [5.41, 5.74) is 0. The minimum atomic E-state index is -3.40. The summed E-state index contributed by atoms with van der Waals surface area (Å²) < 4.78 is 33.4. The Bertz CT molecular complexity index is 521. The van der Waals surface area contributed by atoms with Gasteiger partial charge in [0.15, 0.2) is 0 Å². The second-order valence-corrected chi connectivity index (χ2v) is 9.02. The summed E-state index contributed by atoms with van der Waals surface area (Å²) in [6.07, 6.45) is 4.26. The molecule has 0 aliphatic carbocycles. The number of halogens is 1. The summed E-state index contributed by atoms with van der Waals surface area (Å²) >= 11 is 4.74. The molecule has 1 aliphatic rings. The van der Waals surface area contributed by atoms with E-state index in [0.717, 1.165) is 34.5 Å². The molecule has 2 rings (SSSR count). The first kappa shape index (κ1) is 15.4. The minimum Gasteiger partial charge on any atom is -0.378 e. The lowest BCUT2D eigenvalue weighted by Crippen LogP contribution is -2.29. The summed E-state index contributed by atoms with van der Waals surface area (Å²) in [7, 11) is -3.40. The first-order chi connectivity index (χ1) is 8.99. The van der Waals surface area contributed by atoms with Gasteiger partial charge in [0, 0.05) is 18.0 Å². The van der Waals surface area contributed by atoms with Crippen molar-refractivity contribution in [3.63, 3.8) is 0 Å². The predicted molar refractivity (Wildman–Crippen MR) is 80.2 cm³/mol. The summed E-state index contributed by atoms with van der Waals surface area (Å²) in [5.74, 6) is 0. The van der Waals surface area contributed by atoms with E-state index in [1.165, 1.54) is 17.8 Å². The van der Waals surface area contributed by atoms with E-state index in [4.69, 9.17) is 4.74 Å². The van der Waals surface area contributed by atoms with Crippen LogP contribution in [0, 0.1) is 6.92 Å². The highest BCUT2D eigenvalue weighted by atomic mass is 79.9. The average molecular weight is 368 g/mol. The fourth-order valence-electron chi connectivity index (χ4n) is 2.16. The van der Waals surface area contributed by atoms with Gasteiger partial charge in [-0.1, -0.05) is 0 Å². The highest BCUT2D eigenvalue weighted by Crippen LogP contribution is 2.29. The van der Waals surface area contributed by atoms with Gasteiger partial charge in [0.05, 0.1) is 14.8 Å². The third-order valence-corrected chi connectivity index (χ3v) is 6.43. The Morgan fingerprint density at radius 2 is 2.32 bits per heavy atom. The van der Waals surface area contributed by atoms with E-state index >= 15 is 0 Å². The maximum absolute atomic E-state index is 12.1. The van der Waals surface area contributed by atoms with Crippen molar-refractivity contribution in [3.8, 4) is 0 Å². The number of hydrogen-bond donors (Lipinski definition) is 1. The predicted octanol–water partition coefficient (Wildman–Crippen LogP) is 3.06. The summed E-state index contributed by atoms with van der Waals surface area (Å²) in [5, 5.41) is 0. The normalized spacial score (nSPS) is 20.6. The van der Waals surface area contributed by atoms with Gasteiger partial charge in [-0.05, 0) is 54.6 Å². The maximum Gasteiger partial charge on any atom is 0.241 e. The molecule has 1 aliphatic heterocycles. The van der Waals surface area contributed by atoms with Crippen molar-refractivity contribution in [3.05, 3.63) is 14.7 Å². The van der Waals surface area contributed by atoms with Crippen LogP contribution in [0.1, 0.15) is 30.6 Å². The van der Waals surface area contributed by atoms with Crippen molar-refractivity contribution in [1.29, 1.82) is 0 Å². The third kappa shape index (κ3) is 4.26. The molecule has 0 saturated carbocycles. The number of nitrogens with one attached hydrogen (secondary N) is 1. The Balaban J connectivity index is 1.89. The smallest absolute Gasteiger partial charge is 0.241 e. The van der Waals surface area contributed by atoms with Crippen LogP contribution in [0.3, 0.4) is 0 Å². The van der Waals surface area contributed by atoms with E-state index in [2.05, 4.69) is 20.7 Å². The molecule has 2 heterocycles. The highest BCUT2D eigenvalue weighted by Gasteiger charge is 2.20. The first-order valence-electron chi connectivity index (χ1n) is 6.36. The van der Waals surface area contributed by atoms with E-state index in [9.17, 15) is 8.42 Å². The van der Waals surface area contributed by atoms with Crippen LogP contribution in [0.4, 0.5) is 0 Å². The number of aryl methyl sites for hydroxylation is 1. The lowest BCUT2D eigenvalue weighted by Gasteiger charge is -2.22. The molecular formula is C12H18BrNO3S2. The number of sulfonamides is 1. The maximum atomic E-state index is 12.1. The molecule has 0 bridgehead atoms. The van der Waals surface area contributed by atoms with Crippen molar-refractivity contribution in [2.45, 2.75) is 43.6 Å². The lowest BCUT2D eigenvalue weighted by molar-refractivity contribution is 0.0123. The second kappa shape index (κ2) is 6.67. The molecule has 0 spiro atoms. The number of ether oxygens (including phenoxy) is 1. The number of thiophene rings is 1. The van der Waals surface area contributed by atoms with Crippen LogP contribution < -0.4 is 4.72 Å². The molecule has 19 heavy (non-hydrogen) atoms. The van der Waals surface area contributed by atoms with Crippen LogP contribution in [0.25, 0.3) is 0 Å². The van der Waals surface area contributed by atoms with Crippen LogP contribution >= 0.6 is 27.3 Å². The molecule has 1 unspecified atom stereocenters. The number of rotatable bonds is 5. The monoisotopic (exact) mass is 367 g/mol. The van der Waals surface area contributed by atoms with Crippen molar-refractivity contribution in [2.75, 3.05) is 13.2 Å². The zero-order valence-electron chi connectivity index (χ0n) is 10.8. The molecule has 0 amide bonds. The molecule has 4 nitrogen and oxygen atoms in total. The zero-order chi connectivity index (χ0) is 13.9. The molecule has 1 atom stereocenters. The standard InChI is InChI=1S/C12H18BrNO3S2/c1-9-11(8-12(13)18-9)19(15,16)14-6-5-10-4-2-3-7-17-10/h8,10,14H,2-7H2,1H3. The average Bonchev–Trinajstić information content (AvgIpc) is 2.70. The van der Waals surface area contributed by atoms with Crippen molar-refractivity contribution < 1.29 is 13.2 Å². The van der Waals surface area contributed by atoms with E-state index in [1.54, 1.807) is 6.07 Å². The van der Waals surface area contributed by atoms with Crippen LogP contribution in [0.2, 0.25) is 0 Å². The molecule has 0 radical (unpaired) electrons. The molecule has 1 fully saturated rings. The van der Waals surface area contributed by atoms with Gasteiger partial charge in [0.25, 0.3) is 0 Å². The largest absolute Gasteiger partial charge is 0.378 e. The SMILES string of the molecule is Cc1sc(Br)cc1S(=O)(=O)NCCC1CCCCO1. The molecule has 1 N–H and O–H groups in total. The molecule has 1 aromatic heterocycles. The molecule has 1 aromatic rings. The van der Waals surface area contributed by atoms with Gasteiger partial charge < -0.3 is 4.74 Å². The Morgan fingerprint density at radius 3 is 2.89 bits per heavy atom. The van der Waals surface area contributed by atoms with Crippen LogP contribution in [-0.2, 0) is 14.8 Å². The van der Waals surface area contributed by atoms with Gasteiger partial charge in [-0.2, -0.15) is 0 Å². The second-order valence-electron chi connectivity index (χ2n) is 4.65. The lowest BCUT2D eigenvalue weighted by atomic mass is 10.1. The Kier molecular flexibility index (Phi) is 5.42. The van der Waals surface area contributed by atoms with Gasteiger partial charge in [-0.25, -0.2) is 13.1 Å². The Labute approximate surface area is 126 Å². The van der Waals surface area contributed by atoms with Gasteiger partial charge in [0.1, 0.15) is 0 Å². The van der Waals surface area contributed by atoms with Crippen molar-refractivity contribution in [1.82, 2.24) is 4.72 Å². The molecule has 108 valence electrons. The molecule has 7 heteroatoms. The van der Waals surface area contributed by atoms with Gasteiger partial charge in [-0.15, -0.1) is 11.3 Å². The minimum absolute atomic E-state index is 0.201. The quantitative estimate of drug-likeness (QED) is 0.869. The third-order valence-electron chi connectivity index (χ3n) is 3.16. The Hall–Kier alpha value is 0.0500. The van der Waals surface area contributed by atoms with E-state index in [1.807, 2.05) is 6.92 Å². The van der Waals surface area contributed by atoms with Gasteiger partial charge in [-0.3, -0.25) is 0 Å². The molecule has 0 aromatic carbocycles. The van der Waals surface area contributed by atoms with Crippen LogP contribution in [-0.4, -0.2) is 27.7 Å². The van der Waals surface area contributed by atoms with Crippen molar-refractivity contribution >= 4 is 37.3 Å². The van der Waals surface area contributed by atoms with Gasteiger partial charge >= 0.3 is 0 Å². The molecule has 1 saturated heterocycles. The zero-order valence-corrected chi connectivity index (χ0v) is 14.0. The molecular weight excluding hydrogens is 350 g/mol. The number of hydrogen-bond acceptors (Lipinski definition) is 4. The summed E-state index contributed by atoms with van der Waals surface area (Å²) in [6, 6.07) is 1.65. The fourth-order valence-corrected chi connectivity index (χ4v) is 5.62. The van der Waals surface area contributed by atoms with E-state index in [0.29, 0.717) is 11.4 Å². The van der Waals surface area contributed by atoms with Crippen LogP contribution in [0.5, 0.6) is 0 Å². The van der Waals surface area contributed by atoms with E-state index in [-0.39, 0.29) is 6.10 Å². The fraction of sp³-hybridized carbons (Fsp3) is 0.667. The summed E-state index contributed by atoms with van der Waals surface area (Å²) in [4.78, 5) is 1.17. The topological polar surface area (TPSA) is 55.4 Å². The summed E-state index contributed by atoms with van der Waals surface area (Å²) in [6.45, 7) is 3.04. The Morgan fingerprint density at radius 1 is 1.53 bits per heavy atom. The van der Waals surface area contributed by atoms with Crippen LogP contribution in [0.15, 0.2) is 14.7 Å². The van der Waals surface area contributed by atoms with Gasteiger partial charge in [0.2, 0.25) is 10.0 Å². The van der Waals surface area contributed by atoms with Crippen molar-refractivity contribution in [2.24, 2.45) is 0 Å². The first-order valence-corrected chi connectivity index (χ1v) is 9.45. The highest BCUT2D eigenvalue weighted by molar-refractivity contribution is 9.11. The van der Waals surface area contributed by atoms with E-state index < -0.39 is 10.0 Å².